The van der Waals surface area contributed by atoms with Gasteiger partial charge in [0.1, 0.15) is 0 Å². The van der Waals surface area contributed by atoms with E-state index >= 15 is 0 Å². The number of nitrogens with one attached hydrogen (secondary N) is 2. The first-order valence-electron chi connectivity index (χ1n) is 9.52. The van der Waals surface area contributed by atoms with Gasteiger partial charge in [-0.3, -0.25) is 4.79 Å². The van der Waals surface area contributed by atoms with Crippen LogP contribution in [-0.2, 0) is 21.9 Å². The van der Waals surface area contributed by atoms with Gasteiger partial charge in [0.05, 0.1) is 4.90 Å². The zero-order valence-corrected chi connectivity index (χ0v) is 18.1. The number of aryl methyl sites for hydroxylation is 1. The van der Waals surface area contributed by atoms with E-state index in [1.807, 2.05) is 0 Å². The number of carbonyl (C=O) groups is 1. The monoisotopic (exact) mass is 402 g/mol. The quantitative estimate of drug-likeness (QED) is 0.743. The Bertz CT molecular complexity index is 927. The van der Waals surface area contributed by atoms with E-state index in [0.29, 0.717) is 25.1 Å². The van der Waals surface area contributed by atoms with Crippen molar-refractivity contribution >= 4 is 15.9 Å². The van der Waals surface area contributed by atoms with Gasteiger partial charge in [-0.05, 0) is 47.6 Å². The number of rotatable bonds is 7. The second-order valence-electron chi connectivity index (χ2n) is 7.93. The molecule has 0 aromatic heterocycles. The van der Waals surface area contributed by atoms with Crippen LogP contribution in [0.15, 0.2) is 47.4 Å². The highest BCUT2D eigenvalue weighted by Gasteiger charge is 2.17. The molecule has 0 saturated heterocycles. The first kappa shape index (κ1) is 22.1. The normalized spacial score (nSPS) is 12.0. The van der Waals surface area contributed by atoms with E-state index in [4.69, 9.17) is 0 Å². The molecule has 152 valence electrons. The molecular weight excluding hydrogens is 372 g/mol. The van der Waals surface area contributed by atoms with Crippen molar-refractivity contribution in [1.82, 2.24) is 10.0 Å². The van der Waals surface area contributed by atoms with Crippen LogP contribution in [-0.4, -0.2) is 27.4 Å². The zero-order chi connectivity index (χ0) is 20.9. The van der Waals surface area contributed by atoms with Gasteiger partial charge in [0.2, 0.25) is 10.0 Å². The lowest BCUT2D eigenvalue weighted by Crippen LogP contribution is -2.27. The number of sulfonamides is 1. The van der Waals surface area contributed by atoms with Crippen LogP contribution in [0.2, 0.25) is 0 Å². The first-order valence-corrected chi connectivity index (χ1v) is 11.0. The zero-order valence-electron chi connectivity index (χ0n) is 17.3. The molecule has 0 aliphatic rings. The smallest absolute Gasteiger partial charge is 0.251 e. The summed E-state index contributed by atoms with van der Waals surface area (Å²) in [7, 11) is -3.59. The molecule has 2 rings (SSSR count). The summed E-state index contributed by atoms with van der Waals surface area (Å²) < 4.78 is 26.8. The second kappa shape index (κ2) is 8.88. The summed E-state index contributed by atoms with van der Waals surface area (Å²) in [5, 5.41) is 2.89. The van der Waals surface area contributed by atoms with Gasteiger partial charge >= 0.3 is 0 Å². The number of hydrogen-bond acceptors (Lipinski definition) is 3. The van der Waals surface area contributed by atoms with Gasteiger partial charge in [0.25, 0.3) is 5.91 Å². The molecule has 0 spiro atoms. The van der Waals surface area contributed by atoms with Crippen LogP contribution in [0, 0.1) is 6.92 Å². The summed E-state index contributed by atoms with van der Waals surface area (Å²) in [5.41, 5.74) is 3.65. The highest BCUT2D eigenvalue weighted by atomic mass is 32.2. The van der Waals surface area contributed by atoms with E-state index < -0.39 is 10.0 Å². The van der Waals surface area contributed by atoms with E-state index in [2.05, 4.69) is 55.1 Å². The molecule has 0 unspecified atom stereocenters. The minimum atomic E-state index is -3.59. The molecule has 28 heavy (non-hydrogen) atoms. The van der Waals surface area contributed by atoms with Crippen LogP contribution in [0.25, 0.3) is 0 Å². The fourth-order valence-electron chi connectivity index (χ4n) is 2.87. The molecule has 5 nitrogen and oxygen atoms in total. The van der Waals surface area contributed by atoms with Gasteiger partial charge in [-0.2, -0.15) is 0 Å². The maximum atomic E-state index is 12.6. The molecule has 0 bridgehead atoms. The molecule has 0 fully saturated rings. The summed E-state index contributed by atoms with van der Waals surface area (Å²) in [6.07, 6.45) is 0.713. The summed E-state index contributed by atoms with van der Waals surface area (Å²) in [6, 6.07) is 13.0. The minimum Gasteiger partial charge on any atom is -0.352 e. The van der Waals surface area contributed by atoms with Crippen molar-refractivity contribution in [3.63, 3.8) is 0 Å². The van der Waals surface area contributed by atoms with E-state index in [1.165, 1.54) is 17.7 Å². The first-order chi connectivity index (χ1) is 13.0. The Morgan fingerprint density at radius 2 is 1.68 bits per heavy atom. The van der Waals surface area contributed by atoms with Crippen LogP contribution in [0.3, 0.4) is 0 Å². The van der Waals surface area contributed by atoms with Crippen LogP contribution in [0.1, 0.15) is 54.7 Å². The Morgan fingerprint density at radius 3 is 2.25 bits per heavy atom. The van der Waals surface area contributed by atoms with Crippen molar-refractivity contribution < 1.29 is 13.2 Å². The third kappa shape index (κ3) is 5.66. The Labute approximate surface area is 168 Å². The van der Waals surface area contributed by atoms with E-state index in [1.54, 1.807) is 19.9 Å². The molecule has 2 N–H and O–H groups in total. The predicted molar refractivity (Wildman–Crippen MR) is 113 cm³/mol. The molecule has 0 heterocycles. The number of carbonyl (C=O) groups excluding carboxylic acids is 1. The molecule has 0 saturated carbocycles. The van der Waals surface area contributed by atoms with Crippen molar-refractivity contribution in [2.45, 2.75) is 51.3 Å². The minimum absolute atomic E-state index is 0.0999. The third-order valence-electron chi connectivity index (χ3n) is 4.62. The largest absolute Gasteiger partial charge is 0.352 e. The van der Waals surface area contributed by atoms with Crippen LogP contribution in [0.5, 0.6) is 0 Å². The van der Waals surface area contributed by atoms with Gasteiger partial charge in [0.15, 0.2) is 0 Å². The average molecular weight is 403 g/mol. The molecule has 0 aliphatic carbocycles. The molecular formula is C22H30N2O3S. The standard InChI is InChI=1S/C22H30N2O3S/c1-6-24-28(26,27)19-12-7-16(2)20(15-19)21(25)23-14-13-17-8-10-18(11-9-17)22(3,4)5/h7-12,15,24H,6,13-14H2,1-5H3,(H,23,25). The summed E-state index contributed by atoms with van der Waals surface area (Å²) in [5.74, 6) is -0.266. The maximum absolute atomic E-state index is 12.6. The van der Waals surface area contributed by atoms with Crippen LogP contribution < -0.4 is 10.0 Å². The van der Waals surface area contributed by atoms with Crippen molar-refractivity contribution in [1.29, 1.82) is 0 Å². The van der Waals surface area contributed by atoms with E-state index in [0.717, 1.165) is 11.1 Å². The lowest BCUT2D eigenvalue weighted by Gasteiger charge is -2.19. The molecule has 0 atom stereocenters. The van der Waals surface area contributed by atoms with Gasteiger partial charge in [-0.25, -0.2) is 13.1 Å². The number of amides is 1. The Morgan fingerprint density at radius 1 is 1.04 bits per heavy atom. The molecule has 0 radical (unpaired) electrons. The van der Waals surface area contributed by atoms with Crippen molar-refractivity contribution in [3.8, 4) is 0 Å². The van der Waals surface area contributed by atoms with Crippen molar-refractivity contribution in [2.24, 2.45) is 0 Å². The van der Waals surface area contributed by atoms with Gasteiger partial charge in [0, 0.05) is 18.7 Å². The SMILES string of the molecule is CCNS(=O)(=O)c1ccc(C)c(C(=O)NCCc2ccc(C(C)(C)C)cc2)c1. The Hall–Kier alpha value is -2.18. The van der Waals surface area contributed by atoms with Gasteiger partial charge in [-0.15, -0.1) is 0 Å². The summed E-state index contributed by atoms with van der Waals surface area (Å²) in [4.78, 5) is 12.7. The van der Waals surface area contributed by atoms with Crippen molar-refractivity contribution in [2.75, 3.05) is 13.1 Å². The molecule has 6 heteroatoms. The summed E-state index contributed by atoms with van der Waals surface area (Å²) >= 11 is 0. The molecule has 2 aromatic carbocycles. The highest BCUT2D eigenvalue weighted by molar-refractivity contribution is 7.89. The Balaban J connectivity index is 2.03. The van der Waals surface area contributed by atoms with Crippen LogP contribution in [0.4, 0.5) is 0 Å². The Kier molecular flexibility index (Phi) is 7.01. The predicted octanol–water partition coefficient (Wildman–Crippen LogP) is 3.56. The average Bonchev–Trinajstić information content (AvgIpc) is 2.61. The van der Waals surface area contributed by atoms with E-state index in [9.17, 15) is 13.2 Å². The highest BCUT2D eigenvalue weighted by Crippen LogP contribution is 2.22. The molecule has 2 aromatic rings. The van der Waals surface area contributed by atoms with Gasteiger partial charge in [-0.1, -0.05) is 58.0 Å². The lowest BCUT2D eigenvalue weighted by atomic mass is 9.86. The third-order valence-corrected chi connectivity index (χ3v) is 6.16. The molecule has 0 aliphatic heterocycles. The number of benzene rings is 2. The summed E-state index contributed by atoms with van der Waals surface area (Å²) in [6.45, 7) is 10.8. The molecule has 1 amide bonds. The number of hydrogen-bond donors (Lipinski definition) is 2. The van der Waals surface area contributed by atoms with E-state index in [-0.39, 0.29) is 16.2 Å². The topological polar surface area (TPSA) is 75.3 Å². The fourth-order valence-corrected chi connectivity index (χ4v) is 3.94. The maximum Gasteiger partial charge on any atom is 0.251 e. The van der Waals surface area contributed by atoms with Crippen LogP contribution >= 0.6 is 0 Å². The fraction of sp³-hybridized carbons (Fsp3) is 0.409. The van der Waals surface area contributed by atoms with Crippen molar-refractivity contribution in [3.05, 3.63) is 64.7 Å². The second-order valence-corrected chi connectivity index (χ2v) is 9.70. The lowest BCUT2D eigenvalue weighted by molar-refractivity contribution is 0.0953. The van der Waals surface area contributed by atoms with Gasteiger partial charge < -0.3 is 5.32 Å².